The molecule has 2 N–H and O–H groups in total. The SMILES string of the molecule is CCC(C)C(N)Cn1cc(S(C)(=O)=O)cn1. The molecule has 16 heavy (non-hydrogen) atoms. The van der Waals surface area contributed by atoms with E-state index < -0.39 is 9.84 Å². The summed E-state index contributed by atoms with van der Waals surface area (Å²) in [7, 11) is -3.17. The number of nitrogens with zero attached hydrogens (tertiary/aromatic N) is 2. The zero-order valence-electron chi connectivity index (χ0n) is 9.92. The van der Waals surface area contributed by atoms with Gasteiger partial charge in [-0.2, -0.15) is 5.10 Å². The lowest BCUT2D eigenvalue weighted by Gasteiger charge is -2.17. The molecule has 2 unspecified atom stereocenters. The molecule has 0 aliphatic rings. The number of hydrogen-bond acceptors (Lipinski definition) is 4. The van der Waals surface area contributed by atoms with Gasteiger partial charge in [-0.3, -0.25) is 4.68 Å². The van der Waals surface area contributed by atoms with Crippen LogP contribution in [0.5, 0.6) is 0 Å². The van der Waals surface area contributed by atoms with Crippen molar-refractivity contribution >= 4 is 9.84 Å². The Morgan fingerprint density at radius 2 is 2.19 bits per heavy atom. The minimum absolute atomic E-state index is 0.00249. The van der Waals surface area contributed by atoms with Crippen LogP contribution in [0.15, 0.2) is 17.3 Å². The highest BCUT2D eigenvalue weighted by atomic mass is 32.2. The summed E-state index contributed by atoms with van der Waals surface area (Å²) in [5, 5.41) is 4.00. The van der Waals surface area contributed by atoms with E-state index in [0.717, 1.165) is 6.42 Å². The molecule has 1 heterocycles. The van der Waals surface area contributed by atoms with E-state index in [-0.39, 0.29) is 10.9 Å². The first kappa shape index (κ1) is 13.2. The van der Waals surface area contributed by atoms with Crippen molar-refractivity contribution in [1.82, 2.24) is 9.78 Å². The molecule has 0 bridgehead atoms. The number of aromatic nitrogens is 2. The van der Waals surface area contributed by atoms with Crippen molar-refractivity contribution in [3.63, 3.8) is 0 Å². The third-order valence-corrected chi connectivity index (χ3v) is 3.88. The molecule has 0 aromatic carbocycles. The van der Waals surface area contributed by atoms with Gasteiger partial charge >= 0.3 is 0 Å². The molecule has 5 nitrogen and oxygen atoms in total. The lowest BCUT2D eigenvalue weighted by molar-refractivity contribution is 0.381. The molecule has 0 amide bonds. The maximum Gasteiger partial charge on any atom is 0.178 e. The molecule has 0 fully saturated rings. The van der Waals surface area contributed by atoms with Crippen molar-refractivity contribution in [2.45, 2.75) is 37.8 Å². The van der Waals surface area contributed by atoms with Crippen molar-refractivity contribution in [3.8, 4) is 0 Å². The summed E-state index contributed by atoms with van der Waals surface area (Å²) in [5.41, 5.74) is 5.97. The van der Waals surface area contributed by atoms with E-state index in [0.29, 0.717) is 12.5 Å². The lowest BCUT2D eigenvalue weighted by atomic mass is 10.0. The smallest absolute Gasteiger partial charge is 0.178 e. The van der Waals surface area contributed by atoms with Crippen LogP contribution in [0.1, 0.15) is 20.3 Å². The standard InChI is InChI=1S/C10H19N3O2S/c1-4-8(2)10(11)7-13-6-9(5-12-13)16(3,14)15/h5-6,8,10H,4,7,11H2,1-3H3. The number of sulfone groups is 1. The summed E-state index contributed by atoms with van der Waals surface area (Å²) in [4.78, 5) is 0.240. The summed E-state index contributed by atoms with van der Waals surface area (Å²) in [5.74, 6) is 0.394. The molecule has 0 saturated carbocycles. The Morgan fingerprint density at radius 3 is 2.62 bits per heavy atom. The van der Waals surface area contributed by atoms with Crippen molar-refractivity contribution in [1.29, 1.82) is 0 Å². The summed E-state index contributed by atoms with van der Waals surface area (Å²) in [6.45, 7) is 4.70. The van der Waals surface area contributed by atoms with Crippen LogP contribution in [-0.2, 0) is 16.4 Å². The third-order valence-electron chi connectivity index (χ3n) is 2.81. The summed E-state index contributed by atoms with van der Waals surface area (Å²) in [6, 6.07) is -0.00249. The van der Waals surface area contributed by atoms with E-state index in [1.807, 2.05) is 0 Å². The molecule has 92 valence electrons. The topological polar surface area (TPSA) is 78.0 Å². The average Bonchev–Trinajstić information content (AvgIpc) is 2.64. The van der Waals surface area contributed by atoms with Gasteiger partial charge in [-0.05, 0) is 5.92 Å². The summed E-state index contributed by atoms with van der Waals surface area (Å²) >= 11 is 0. The molecule has 1 rings (SSSR count). The van der Waals surface area contributed by atoms with Crippen LogP contribution >= 0.6 is 0 Å². The molecule has 0 saturated heterocycles. The zero-order valence-corrected chi connectivity index (χ0v) is 10.7. The first-order chi connectivity index (χ1) is 7.34. The Hall–Kier alpha value is -0.880. The fraction of sp³-hybridized carbons (Fsp3) is 0.700. The Kier molecular flexibility index (Phi) is 4.09. The minimum Gasteiger partial charge on any atom is -0.326 e. The Balaban J connectivity index is 2.73. The monoisotopic (exact) mass is 245 g/mol. The van der Waals surface area contributed by atoms with Gasteiger partial charge in [0.25, 0.3) is 0 Å². The van der Waals surface area contributed by atoms with Crippen LogP contribution in [0, 0.1) is 5.92 Å². The molecule has 1 aromatic rings. The third kappa shape index (κ3) is 3.31. The number of hydrogen-bond donors (Lipinski definition) is 1. The molecule has 0 spiro atoms. The van der Waals surface area contributed by atoms with Gasteiger partial charge in [-0.15, -0.1) is 0 Å². The molecule has 0 aliphatic heterocycles. The van der Waals surface area contributed by atoms with Gasteiger partial charge in [-0.25, -0.2) is 8.42 Å². The molecule has 0 radical (unpaired) electrons. The van der Waals surface area contributed by atoms with Gasteiger partial charge in [0.05, 0.1) is 12.7 Å². The van der Waals surface area contributed by atoms with E-state index in [1.165, 1.54) is 18.6 Å². The molecular weight excluding hydrogens is 226 g/mol. The van der Waals surface area contributed by atoms with Crippen molar-refractivity contribution < 1.29 is 8.42 Å². The average molecular weight is 245 g/mol. The number of nitrogens with two attached hydrogens (primary N) is 1. The van der Waals surface area contributed by atoms with E-state index >= 15 is 0 Å². The fourth-order valence-electron chi connectivity index (χ4n) is 1.33. The fourth-order valence-corrected chi connectivity index (χ4v) is 1.89. The van der Waals surface area contributed by atoms with E-state index in [4.69, 9.17) is 5.73 Å². The first-order valence-corrected chi connectivity index (χ1v) is 7.21. The predicted molar refractivity (Wildman–Crippen MR) is 62.8 cm³/mol. The van der Waals surface area contributed by atoms with E-state index in [2.05, 4.69) is 18.9 Å². The molecule has 1 aromatic heterocycles. The van der Waals surface area contributed by atoms with Gasteiger partial charge in [0, 0.05) is 18.5 Å². The van der Waals surface area contributed by atoms with E-state index in [9.17, 15) is 8.42 Å². The molecule has 6 heteroatoms. The second-order valence-corrected chi connectivity index (χ2v) is 6.24. The molecule has 0 aliphatic carbocycles. The van der Waals surface area contributed by atoms with Gasteiger partial charge in [0.15, 0.2) is 9.84 Å². The van der Waals surface area contributed by atoms with Gasteiger partial charge in [0.1, 0.15) is 4.90 Å². The van der Waals surface area contributed by atoms with E-state index in [1.54, 1.807) is 4.68 Å². The van der Waals surface area contributed by atoms with Crippen LogP contribution in [0.4, 0.5) is 0 Å². The summed E-state index contributed by atoms with van der Waals surface area (Å²) < 4.78 is 24.1. The van der Waals surface area contributed by atoms with Crippen LogP contribution in [0.2, 0.25) is 0 Å². The zero-order chi connectivity index (χ0) is 12.3. The second-order valence-electron chi connectivity index (χ2n) is 4.22. The Bertz CT molecular complexity index is 439. The van der Waals surface area contributed by atoms with Crippen molar-refractivity contribution in [2.75, 3.05) is 6.26 Å². The maximum atomic E-state index is 11.2. The van der Waals surface area contributed by atoms with Crippen molar-refractivity contribution in [3.05, 3.63) is 12.4 Å². The molecular formula is C10H19N3O2S. The van der Waals surface area contributed by atoms with Gasteiger partial charge < -0.3 is 5.73 Å². The highest BCUT2D eigenvalue weighted by Crippen LogP contribution is 2.10. The van der Waals surface area contributed by atoms with Crippen LogP contribution < -0.4 is 5.73 Å². The Labute approximate surface area is 96.6 Å². The van der Waals surface area contributed by atoms with Crippen LogP contribution in [0.25, 0.3) is 0 Å². The Morgan fingerprint density at radius 1 is 1.56 bits per heavy atom. The number of rotatable bonds is 5. The first-order valence-electron chi connectivity index (χ1n) is 5.32. The second kappa shape index (κ2) is 4.97. The maximum absolute atomic E-state index is 11.2. The largest absolute Gasteiger partial charge is 0.326 e. The van der Waals surface area contributed by atoms with Gasteiger partial charge in [-0.1, -0.05) is 20.3 Å². The minimum atomic E-state index is -3.17. The highest BCUT2D eigenvalue weighted by Gasteiger charge is 2.14. The molecule has 2 atom stereocenters. The highest BCUT2D eigenvalue weighted by molar-refractivity contribution is 7.90. The quantitative estimate of drug-likeness (QED) is 0.826. The van der Waals surface area contributed by atoms with Crippen molar-refractivity contribution in [2.24, 2.45) is 11.7 Å². The predicted octanol–water partition coefficient (Wildman–Crippen LogP) is 0.660. The van der Waals surface area contributed by atoms with Crippen LogP contribution in [0.3, 0.4) is 0 Å². The lowest BCUT2D eigenvalue weighted by Crippen LogP contribution is -2.32. The summed E-state index contributed by atoms with van der Waals surface area (Å²) in [6.07, 6.45) is 5.06. The van der Waals surface area contributed by atoms with Gasteiger partial charge in [0.2, 0.25) is 0 Å². The normalized spacial score (nSPS) is 16.0. The van der Waals surface area contributed by atoms with Crippen LogP contribution in [-0.4, -0.2) is 30.5 Å².